The Morgan fingerprint density at radius 1 is 1.58 bits per heavy atom. The molecule has 1 heterocycles. The number of nitrogens with two attached hydrogens (primary N) is 1. The molecule has 1 saturated carbocycles. The van der Waals surface area contributed by atoms with Crippen LogP contribution in [0.5, 0.6) is 0 Å². The third kappa shape index (κ3) is 2.57. The van der Waals surface area contributed by atoms with Gasteiger partial charge in [0.2, 0.25) is 0 Å². The molecule has 1 aliphatic carbocycles. The predicted molar refractivity (Wildman–Crippen MR) is 76.7 cm³/mol. The van der Waals surface area contributed by atoms with Crippen LogP contribution >= 0.6 is 0 Å². The van der Waals surface area contributed by atoms with Crippen molar-refractivity contribution < 1.29 is 0 Å². The molecule has 0 aliphatic heterocycles. The quantitative estimate of drug-likeness (QED) is 0.873. The van der Waals surface area contributed by atoms with Crippen molar-refractivity contribution in [3.05, 3.63) is 23.4 Å². The van der Waals surface area contributed by atoms with E-state index in [0.717, 1.165) is 12.0 Å². The largest absolute Gasteiger partial charge is 0.362 e. The van der Waals surface area contributed by atoms with E-state index >= 15 is 0 Å². The SMILES string of the molecule is Cc1ccnc(NC2(CN)CCCCC2C)c1C#N. The zero-order chi connectivity index (χ0) is 13.9. The molecule has 4 nitrogen and oxygen atoms in total. The van der Waals surface area contributed by atoms with Crippen LogP contribution in [0.4, 0.5) is 5.82 Å². The summed E-state index contributed by atoms with van der Waals surface area (Å²) in [6.45, 7) is 4.75. The van der Waals surface area contributed by atoms with E-state index in [-0.39, 0.29) is 5.54 Å². The van der Waals surface area contributed by atoms with E-state index in [0.29, 0.717) is 23.8 Å². The van der Waals surface area contributed by atoms with Gasteiger partial charge in [-0.15, -0.1) is 0 Å². The Morgan fingerprint density at radius 3 is 3.00 bits per heavy atom. The van der Waals surface area contributed by atoms with Crippen LogP contribution in [-0.2, 0) is 0 Å². The minimum atomic E-state index is -0.120. The summed E-state index contributed by atoms with van der Waals surface area (Å²) in [5, 5.41) is 12.8. The van der Waals surface area contributed by atoms with Gasteiger partial charge in [-0.25, -0.2) is 4.98 Å². The van der Waals surface area contributed by atoms with Crippen LogP contribution in [0.3, 0.4) is 0 Å². The first-order valence-electron chi connectivity index (χ1n) is 6.97. The van der Waals surface area contributed by atoms with Gasteiger partial charge >= 0.3 is 0 Å². The van der Waals surface area contributed by atoms with Gasteiger partial charge in [0.05, 0.1) is 11.1 Å². The first-order chi connectivity index (χ1) is 9.13. The van der Waals surface area contributed by atoms with Crippen LogP contribution in [-0.4, -0.2) is 17.1 Å². The number of hydrogen-bond acceptors (Lipinski definition) is 4. The molecule has 1 aromatic rings. The number of nitrogens with one attached hydrogen (secondary N) is 1. The standard InChI is InChI=1S/C15H22N4/c1-11-6-8-18-14(13(11)9-16)19-15(10-17)7-4-3-5-12(15)2/h6,8,12H,3-5,7,10,17H2,1-2H3,(H,18,19). The van der Waals surface area contributed by atoms with Gasteiger partial charge in [0, 0.05) is 12.7 Å². The molecule has 2 atom stereocenters. The molecule has 2 unspecified atom stereocenters. The second kappa shape index (κ2) is 5.58. The summed E-state index contributed by atoms with van der Waals surface area (Å²) in [6, 6.07) is 4.11. The Kier molecular flexibility index (Phi) is 4.06. The van der Waals surface area contributed by atoms with Gasteiger partial charge in [-0.2, -0.15) is 5.26 Å². The number of hydrogen-bond donors (Lipinski definition) is 2. The highest BCUT2D eigenvalue weighted by Crippen LogP contribution is 2.36. The monoisotopic (exact) mass is 258 g/mol. The molecule has 0 aromatic carbocycles. The van der Waals surface area contributed by atoms with Crippen molar-refractivity contribution in [3.8, 4) is 6.07 Å². The van der Waals surface area contributed by atoms with E-state index in [1.54, 1.807) is 6.20 Å². The minimum absolute atomic E-state index is 0.120. The van der Waals surface area contributed by atoms with Crippen LogP contribution in [0.15, 0.2) is 12.3 Å². The third-order valence-electron chi connectivity index (χ3n) is 4.46. The number of anilines is 1. The molecule has 1 aromatic heterocycles. The van der Waals surface area contributed by atoms with Crippen molar-refractivity contribution >= 4 is 5.82 Å². The molecule has 0 saturated heterocycles. The molecule has 4 heteroatoms. The van der Waals surface area contributed by atoms with Gasteiger partial charge in [0.15, 0.2) is 0 Å². The fourth-order valence-corrected chi connectivity index (χ4v) is 2.98. The zero-order valence-corrected chi connectivity index (χ0v) is 11.7. The van der Waals surface area contributed by atoms with E-state index in [2.05, 4.69) is 23.3 Å². The van der Waals surface area contributed by atoms with Gasteiger partial charge < -0.3 is 11.1 Å². The van der Waals surface area contributed by atoms with Gasteiger partial charge in [-0.3, -0.25) is 0 Å². The molecule has 1 fully saturated rings. The molecule has 0 radical (unpaired) electrons. The maximum atomic E-state index is 9.29. The Bertz CT molecular complexity index is 491. The summed E-state index contributed by atoms with van der Waals surface area (Å²) >= 11 is 0. The summed E-state index contributed by atoms with van der Waals surface area (Å²) in [5.74, 6) is 1.18. The number of pyridine rings is 1. The average Bonchev–Trinajstić information content (AvgIpc) is 2.42. The lowest BCUT2D eigenvalue weighted by Gasteiger charge is -2.43. The molecule has 2 rings (SSSR count). The molecule has 3 N–H and O–H groups in total. The first kappa shape index (κ1) is 13.8. The van der Waals surface area contributed by atoms with Gasteiger partial charge in [-0.05, 0) is 37.3 Å². The van der Waals surface area contributed by atoms with E-state index < -0.39 is 0 Å². The van der Waals surface area contributed by atoms with Crippen molar-refractivity contribution in [2.45, 2.75) is 45.1 Å². The highest BCUT2D eigenvalue weighted by atomic mass is 15.1. The van der Waals surface area contributed by atoms with E-state index in [1.807, 2.05) is 13.0 Å². The van der Waals surface area contributed by atoms with Crippen molar-refractivity contribution in [1.82, 2.24) is 4.98 Å². The summed E-state index contributed by atoms with van der Waals surface area (Å²) in [4.78, 5) is 4.34. The van der Waals surface area contributed by atoms with Crippen molar-refractivity contribution in [2.75, 3.05) is 11.9 Å². The normalized spacial score (nSPS) is 26.7. The van der Waals surface area contributed by atoms with Crippen LogP contribution in [0.2, 0.25) is 0 Å². The summed E-state index contributed by atoms with van der Waals surface area (Å²) in [7, 11) is 0. The lowest BCUT2D eigenvalue weighted by molar-refractivity contribution is 0.235. The fourth-order valence-electron chi connectivity index (χ4n) is 2.98. The molecular weight excluding hydrogens is 236 g/mol. The predicted octanol–water partition coefficient (Wildman–Crippen LogP) is 2.58. The highest BCUT2D eigenvalue weighted by Gasteiger charge is 2.37. The Morgan fingerprint density at radius 2 is 2.37 bits per heavy atom. The lowest BCUT2D eigenvalue weighted by Crippen LogP contribution is -2.52. The second-order valence-corrected chi connectivity index (χ2v) is 5.60. The highest BCUT2D eigenvalue weighted by molar-refractivity contribution is 5.56. The van der Waals surface area contributed by atoms with E-state index in [1.165, 1.54) is 19.3 Å². The molecule has 0 amide bonds. The number of aromatic nitrogens is 1. The zero-order valence-electron chi connectivity index (χ0n) is 11.7. The van der Waals surface area contributed by atoms with E-state index in [9.17, 15) is 5.26 Å². The van der Waals surface area contributed by atoms with Crippen LogP contribution in [0, 0.1) is 24.2 Å². The average molecular weight is 258 g/mol. The Hall–Kier alpha value is -1.60. The summed E-state index contributed by atoms with van der Waals surface area (Å²) in [6.07, 6.45) is 6.42. The van der Waals surface area contributed by atoms with Crippen molar-refractivity contribution in [1.29, 1.82) is 5.26 Å². The second-order valence-electron chi connectivity index (χ2n) is 5.60. The summed E-state index contributed by atoms with van der Waals surface area (Å²) < 4.78 is 0. The van der Waals surface area contributed by atoms with Crippen LogP contribution in [0.1, 0.15) is 43.7 Å². The molecule has 19 heavy (non-hydrogen) atoms. The lowest BCUT2D eigenvalue weighted by atomic mass is 9.73. The third-order valence-corrected chi connectivity index (χ3v) is 4.46. The summed E-state index contributed by atoms with van der Waals surface area (Å²) in [5.41, 5.74) is 7.50. The topological polar surface area (TPSA) is 74.7 Å². The van der Waals surface area contributed by atoms with Crippen LogP contribution < -0.4 is 11.1 Å². The molecule has 0 spiro atoms. The Balaban J connectivity index is 2.33. The van der Waals surface area contributed by atoms with Crippen molar-refractivity contribution in [3.63, 3.8) is 0 Å². The Labute approximate surface area is 115 Å². The number of rotatable bonds is 3. The van der Waals surface area contributed by atoms with Gasteiger partial charge in [0.1, 0.15) is 11.9 Å². The van der Waals surface area contributed by atoms with Gasteiger partial charge in [-0.1, -0.05) is 19.8 Å². The van der Waals surface area contributed by atoms with Crippen molar-refractivity contribution in [2.24, 2.45) is 11.7 Å². The smallest absolute Gasteiger partial charge is 0.144 e. The molecular formula is C15H22N4. The maximum Gasteiger partial charge on any atom is 0.144 e. The minimum Gasteiger partial charge on any atom is -0.362 e. The molecule has 0 bridgehead atoms. The molecule has 102 valence electrons. The van der Waals surface area contributed by atoms with Crippen LogP contribution in [0.25, 0.3) is 0 Å². The number of nitriles is 1. The van der Waals surface area contributed by atoms with Gasteiger partial charge in [0.25, 0.3) is 0 Å². The maximum absolute atomic E-state index is 9.29. The van der Waals surface area contributed by atoms with E-state index in [4.69, 9.17) is 5.73 Å². The number of aryl methyl sites for hydroxylation is 1. The first-order valence-corrected chi connectivity index (χ1v) is 6.97. The molecule has 1 aliphatic rings. The fraction of sp³-hybridized carbons (Fsp3) is 0.600. The number of nitrogens with zero attached hydrogens (tertiary/aromatic N) is 2.